The number of para-hydroxylation sites is 1. The van der Waals surface area contributed by atoms with Crippen molar-refractivity contribution in [1.29, 1.82) is 0 Å². The molecule has 6 nitrogen and oxygen atoms in total. The van der Waals surface area contributed by atoms with Crippen LogP contribution in [0.25, 0.3) is 6.08 Å². The third kappa shape index (κ3) is 3.79. The number of amides is 1. The molecule has 1 N–H and O–H groups in total. The van der Waals surface area contributed by atoms with Gasteiger partial charge in [-0.25, -0.2) is 0 Å². The highest BCUT2D eigenvalue weighted by atomic mass is 32.2. The second-order valence-electron chi connectivity index (χ2n) is 5.63. The molecule has 1 aromatic carbocycles. The smallest absolute Gasteiger partial charge is 0.268 e. The zero-order chi connectivity index (χ0) is 18.2. The molecule has 1 saturated heterocycles. The first-order chi connectivity index (χ1) is 11.8. The molecule has 2 heterocycles. The molecule has 3 rings (SSSR count). The molecule has 25 heavy (non-hydrogen) atoms. The number of hydrogen-bond donors (Lipinski definition) is 1. The Hall–Kier alpha value is -1.68. The van der Waals surface area contributed by atoms with Crippen molar-refractivity contribution >= 4 is 56.1 Å². The maximum absolute atomic E-state index is 12.5. The van der Waals surface area contributed by atoms with Crippen LogP contribution in [0.5, 0.6) is 0 Å². The van der Waals surface area contributed by atoms with Crippen molar-refractivity contribution < 1.29 is 17.8 Å². The highest BCUT2D eigenvalue weighted by Gasteiger charge is 2.34. The molecule has 0 radical (unpaired) electrons. The SMILES string of the molecule is CN1C(=O)/C(=C2\C=Cc3ccccc3N2CCCS(=O)(=O)O)SC1=S. The lowest BCUT2D eigenvalue weighted by Crippen LogP contribution is -2.30. The summed E-state index contributed by atoms with van der Waals surface area (Å²) in [7, 11) is -2.40. The van der Waals surface area contributed by atoms with Crippen LogP contribution in [0, 0.1) is 0 Å². The summed E-state index contributed by atoms with van der Waals surface area (Å²) in [6.45, 7) is 0.351. The van der Waals surface area contributed by atoms with Crippen LogP contribution in [-0.2, 0) is 14.9 Å². The largest absolute Gasteiger partial charge is 0.340 e. The third-order valence-electron chi connectivity index (χ3n) is 3.92. The molecule has 1 fully saturated rings. The van der Waals surface area contributed by atoms with E-state index in [1.807, 2.05) is 41.3 Å². The predicted molar refractivity (Wildman–Crippen MR) is 104 cm³/mol. The Balaban J connectivity index is 1.99. The number of nitrogens with zero attached hydrogens (tertiary/aromatic N) is 2. The van der Waals surface area contributed by atoms with Crippen LogP contribution >= 0.6 is 24.0 Å². The minimum atomic E-state index is -4.03. The minimum Gasteiger partial charge on any atom is -0.340 e. The standard InChI is InChI=1S/C16H16N2O4S3/c1-17-15(19)14(24-16(17)23)13-8-7-11-5-2-3-6-12(11)18(13)9-4-10-25(20,21)22/h2-3,5-8H,4,9-10H2,1H3,(H,20,21,22)/b14-13-. The molecule has 0 atom stereocenters. The second-order valence-corrected chi connectivity index (χ2v) is 8.85. The van der Waals surface area contributed by atoms with Crippen molar-refractivity contribution in [2.24, 2.45) is 0 Å². The summed E-state index contributed by atoms with van der Waals surface area (Å²) in [5, 5.41) is 0. The Bertz CT molecular complexity index is 906. The molecular formula is C16H16N2O4S3. The monoisotopic (exact) mass is 396 g/mol. The summed E-state index contributed by atoms with van der Waals surface area (Å²) < 4.78 is 31.5. The molecule has 0 aromatic heterocycles. The fraction of sp³-hybridized carbons (Fsp3) is 0.250. The summed E-state index contributed by atoms with van der Waals surface area (Å²) in [4.78, 5) is 16.3. The topological polar surface area (TPSA) is 77.9 Å². The van der Waals surface area contributed by atoms with Crippen LogP contribution in [0.1, 0.15) is 12.0 Å². The molecule has 0 unspecified atom stereocenters. The Morgan fingerprint density at radius 3 is 2.60 bits per heavy atom. The average Bonchev–Trinajstić information content (AvgIpc) is 2.81. The van der Waals surface area contributed by atoms with Crippen LogP contribution in [0.4, 0.5) is 5.69 Å². The Kier molecular flexibility index (Phi) is 5.01. The van der Waals surface area contributed by atoms with Crippen LogP contribution in [-0.4, -0.2) is 47.4 Å². The van der Waals surface area contributed by atoms with Gasteiger partial charge in [-0.15, -0.1) is 0 Å². The van der Waals surface area contributed by atoms with Gasteiger partial charge in [-0.1, -0.05) is 48.3 Å². The second kappa shape index (κ2) is 6.91. The van der Waals surface area contributed by atoms with Gasteiger partial charge >= 0.3 is 0 Å². The summed E-state index contributed by atoms with van der Waals surface area (Å²) >= 11 is 6.43. The number of hydrogen-bond acceptors (Lipinski definition) is 6. The summed E-state index contributed by atoms with van der Waals surface area (Å²) in [5.74, 6) is -0.508. The molecule has 132 valence electrons. The van der Waals surface area contributed by atoms with Crippen molar-refractivity contribution in [3.8, 4) is 0 Å². The molecule has 0 saturated carbocycles. The van der Waals surface area contributed by atoms with Gasteiger partial charge in [0.25, 0.3) is 16.0 Å². The molecule has 2 aliphatic heterocycles. The normalized spacial score (nSPS) is 20.4. The maximum Gasteiger partial charge on any atom is 0.268 e. The molecule has 0 bridgehead atoms. The van der Waals surface area contributed by atoms with Crippen molar-refractivity contribution in [3.63, 3.8) is 0 Å². The van der Waals surface area contributed by atoms with Gasteiger partial charge in [-0.05, 0) is 24.1 Å². The van der Waals surface area contributed by atoms with E-state index in [1.165, 1.54) is 16.7 Å². The number of allylic oxidation sites excluding steroid dienone is 1. The van der Waals surface area contributed by atoms with Crippen LogP contribution < -0.4 is 4.90 Å². The Morgan fingerprint density at radius 1 is 1.24 bits per heavy atom. The summed E-state index contributed by atoms with van der Waals surface area (Å²) in [6, 6.07) is 7.66. The molecule has 9 heteroatoms. The number of benzene rings is 1. The highest BCUT2D eigenvalue weighted by Crippen LogP contribution is 2.39. The zero-order valence-electron chi connectivity index (χ0n) is 13.4. The number of carbonyl (C=O) groups excluding carboxylic acids is 1. The van der Waals surface area contributed by atoms with Gasteiger partial charge in [0.05, 0.1) is 11.4 Å². The van der Waals surface area contributed by atoms with Crippen LogP contribution in [0.2, 0.25) is 0 Å². The van der Waals surface area contributed by atoms with Gasteiger partial charge < -0.3 is 4.90 Å². The first-order valence-corrected chi connectivity index (χ1v) is 10.4. The number of thiocarbonyl (C=S) groups is 1. The number of fused-ring (bicyclic) bond motifs is 1. The van der Waals surface area contributed by atoms with E-state index < -0.39 is 10.1 Å². The van der Waals surface area contributed by atoms with Crippen molar-refractivity contribution in [2.75, 3.05) is 24.2 Å². The van der Waals surface area contributed by atoms with E-state index in [2.05, 4.69) is 0 Å². The lowest BCUT2D eigenvalue weighted by molar-refractivity contribution is -0.121. The van der Waals surface area contributed by atoms with Gasteiger partial charge in [-0.2, -0.15) is 8.42 Å². The third-order valence-corrected chi connectivity index (χ3v) is 6.28. The van der Waals surface area contributed by atoms with E-state index in [1.54, 1.807) is 7.05 Å². The molecular weight excluding hydrogens is 380 g/mol. The molecule has 1 amide bonds. The van der Waals surface area contributed by atoms with Gasteiger partial charge in [0.1, 0.15) is 9.23 Å². The fourth-order valence-corrected chi connectivity index (χ4v) is 4.43. The Labute approximate surface area is 155 Å². The fourth-order valence-electron chi connectivity index (χ4n) is 2.70. The van der Waals surface area contributed by atoms with Crippen LogP contribution in [0.3, 0.4) is 0 Å². The molecule has 2 aliphatic rings. The molecule has 0 aliphatic carbocycles. The zero-order valence-corrected chi connectivity index (χ0v) is 15.8. The first-order valence-electron chi connectivity index (χ1n) is 7.52. The first kappa shape index (κ1) is 18.1. The molecule has 0 spiro atoms. The van der Waals surface area contributed by atoms with E-state index in [-0.39, 0.29) is 18.1 Å². The number of anilines is 1. The summed E-state index contributed by atoms with van der Waals surface area (Å²) in [5.41, 5.74) is 2.55. The van der Waals surface area contributed by atoms with E-state index in [9.17, 15) is 13.2 Å². The van der Waals surface area contributed by atoms with Gasteiger partial charge in [0.2, 0.25) is 0 Å². The van der Waals surface area contributed by atoms with Gasteiger partial charge in [-0.3, -0.25) is 14.2 Å². The number of rotatable bonds is 4. The van der Waals surface area contributed by atoms with Crippen molar-refractivity contribution in [3.05, 3.63) is 46.5 Å². The quantitative estimate of drug-likeness (QED) is 0.476. The van der Waals surface area contributed by atoms with Crippen molar-refractivity contribution in [1.82, 2.24) is 4.90 Å². The Morgan fingerprint density at radius 2 is 1.96 bits per heavy atom. The maximum atomic E-state index is 12.5. The van der Waals surface area contributed by atoms with Crippen molar-refractivity contribution in [2.45, 2.75) is 6.42 Å². The highest BCUT2D eigenvalue weighted by molar-refractivity contribution is 8.26. The van der Waals surface area contributed by atoms with Gasteiger partial charge in [0, 0.05) is 19.3 Å². The predicted octanol–water partition coefficient (Wildman–Crippen LogP) is 2.50. The summed E-state index contributed by atoms with van der Waals surface area (Å²) in [6.07, 6.45) is 4.00. The van der Waals surface area contributed by atoms with E-state index >= 15 is 0 Å². The van der Waals surface area contributed by atoms with E-state index in [4.69, 9.17) is 16.8 Å². The average molecular weight is 397 g/mol. The van der Waals surface area contributed by atoms with Gasteiger partial charge in [0.15, 0.2) is 0 Å². The van der Waals surface area contributed by atoms with E-state index in [0.717, 1.165) is 11.3 Å². The number of thioether (sulfide) groups is 1. The van der Waals surface area contributed by atoms with Crippen LogP contribution in [0.15, 0.2) is 40.9 Å². The number of likely N-dealkylation sites (N-methyl/N-ethyl adjacent to an activating group) is 1. The number of carbonyl (C=O) groups is 1. The minimum absolute atomic E-state index is 0.172. The van der Waals surface area contributed by atoms with E-state index in [0.29, 0.717) is 21.5 Å². The lowest BCUT2D eigenvalue weighted by atomic mass is 10.1. The molecule has 1 aromatic rings. The lowest BCUT2D eigenvalue weighted by Gasteiger charge is -2.31.